The van der Waals surface area contributed by atoms with Crippen molar-refractivity contribution in [2.45, 2.75) is 64.4 Å². The Balaban J connectivity index is 1.66. The highest BCUT2D eigenvalue weighted by Crippen LogP contribution is 2.66. The van der Waals surface area contributed by atoms with Crippen molar-refractivity contribution in [3.8, 4) is 12.1 Å². The Kier molecular flexibility index (Phi) is 4.59. The molecule has 3 aliphatic carbocycles. The molecule has 1 N–H and O–H groups in total. The summed E-state index contributed by atoms with van der Waals surface area (Å²) in [5, 5.41) is 30.9. The minimum atomic E-state index is -0.734. The molecule has 2 saturated carbocycles. The average Bonchev–Trinajstić information content (AvgIpc) is 2.94. The molecule has 0 saturated heterocycles. The van der Waals surface area contributed by atoms with E-state index in [2.05, 4.69) is 37.0 Å². The molecule has 146 valence electrons. The Morgan fingerprint density at radius 3 is 2.64 bits per heavy atom. The molecular formula is C24H29N3O. The summed E-state index contributed by atoms with van der Waals surface area (Å²) in [5.74, 6) is 1.21. The van der Waals surface area contributed by atoms with Gasteiger partial charge in [-0.3, -0.25) is 4.98 Å². The molecule has 1 heterocycles. The topological polar surface area (TPSA) is 80.7 Å². The largest absolute Gasteiger partial charge is 0.389 e. The van der Waals surface area contributed by atoms with Crippen LogP contribution in [-0.2, 0) is 6.42 Å². The molecule has 2 fully saturated rings. The van der Waals surface area contributed by atoms with Gasteiger partial charge in [0.2, 0.25) is 0 Å². The first-order chi connectivity index (χ1) is 13.4. The van der Waals surface area contributed by atoms with Crippen LogP contribution in [0.15, 0.2) is 36.0 Å². The maximum atomic E-state index is 11.8. The molecule has 0 aliphatic heterocycles. The van der Waals surface area contributed by atoms with E-state index in [1.54, 1.807) is 6.20 Å². The van der Waals surface area contributed by atoms with E-state index >= 15 is 0 Å². The smallest absolute Gasteiger partial charge is 0.0950 e. The fraction of sp³-hybridized carbons (Fsp3) is 0.625. The predicted octanol–water partition coefficient (Wildman–Crippen LogP) is 4.57. The molecule has 6 atom stereocenters. The summed E-state index contributed by atoms with van der Waals surface area (Å²) in [6, 6.07) is 10.6. The lowest BCUT2D eigenvalue weighted by Gasteiger charge is -2.56. The van der Waals surface area contributed by atoms with Crippen LogP contribution in [0.2, 0.25) is 0 Å². The lowest BCUT2D eigenvalue weighted by Crippen LogP contribution is -2.54. The van der Waals surface area contributed by atoms with Gasteiger partial charge in [-0.25, -0.2) is 0 Å². The molecule has 1 aromatic rings. The van der Waals surface area contributed by atoms with Crippen LogP contribution in [0, 0.1) is 51.2 Å². The van der Waals surface area contributed by atoms with Crippen LogP contribution in [0.25, 0.3) is 0 Å². The molecule has 4 nitrogen and oxygen atoms in total. The minimum absolute atomic E-state index is 0.142. The van der Waals surface area contributed by atoms with Crippen LogP contribution in [0.3, 0.4) is 0 Å². The van der Waals surface area contributed by atoms with Crippen molar-refractivity contribution in [2.24, 2.45) is 28.6 Å². The lowest BCUT2D eigenvalue weighted by atomic mass is 9.48. The van der Waals surface area contributed by atoms with E-state index in [0.717, 1.165) is 43.4 Å². The Labute approximate surface area is 167 Å². The maximum absolute atomic E-state index is 11.8. The normalized spacial score (nSPS) is 41.9. The number of aromatic nitrogens is 1. The van der Waals surface area contributed by atoms with Crippen LogP contribution in [0.4, 0.5) is 0 Å². The Morgan fingerprint density at radius 1 is 1.18 bits per heavy atom. The van der Waals surface area contributed by atoms with E-state index < -0.39 is 5.60 Å². The summed E-state index contributed by atoms with van der Waals surface area (Å²) < 4.78 is 0. The highest BCUT2D eigenvalue weighted by atomic mass is 16.3. The van der Waals surface area contributed by atoms with Gasteiger partial charge in [0, 0.05) is 35.7 Å². The highest BCUT2D eigenvalue weighted by Gasteiger charge is 2.63. The maximum Gasteiger partial charge on any atom is 0.0950 e. The Bertz CT molecular complexity index is 866. The second-order valence-corrected chi connectivity index (χ2v) is 9.62. The van der Waals surface area contributed by atoms with Crippen LogP contribution >= 0.6 is 0 Å². The number of aliphatic hydroxyl groups is 1. The lowest BCUT2D eigenvalue weighted by molar-refractivity contribution is -0.120. The molecule has 1 aromatic heterocycles. The van der Waals surface area contributed by atoms with E-state index in [1.807, 2.05) is 18.2 Å². The number of hydrogen-bond acceptors (Lipinski definition) is 4. The summed E-state index contributed by atoms with van der Waals surface area (Å²) in [4.78, 5) is 4.46. The molecule has 0 aromatic carbocycles. The van der Waals surface area contributed by atoms with E-state index in [-0.39, 0.29) is 10.8 Å². The van der Waals surface area contributed by atoms with Crippen molar-refractivity contribution in [3.05, 3.63) is 41.7 Å². The van der Waals surface area contributed by atoms with Gasteiger partial charge >= 0.3 is 0 Å². The molecule has 3 aliphatic rings. The first kappa shape index (κ1) is 19.2. The van der Waals surface area contributed by atoms with Crippen molar-refractivity contribution >= 4 is 0 Å². The standard InChI is InChI=1S/C24H29N3O/c1-22(12-13-25)17(16-26)6-7-19-20(22)8-10-23(2)21(19)9-11-24(23,28)15-18-5-3-4-14-27-18/h3-6,14,19-21,28H,7-12,15H2,1-2H3/t19?,20?,21?,22-,23-,24+/m0/s1. The van der Waals surface area contributed by atoms with E-state index in [4.69, 9.17) is 0 Å². The quantitative estimate of drug-likeness (QED) is 0.839. The van der Waals surface area contributed by atoms with E-state index in [0.29, 0.717) is 30.6 Å². The first-order valence-electron chi connectivity index (χ1n) is 10.5. The zero-order valence-electron chi connectivity index (χ0n) is 16.9. The van der Waals surface area contributed by atoms with Gasteiger partial charge < -0.3 is 5.11 Å². The fourth-order valence-electron chi connectivity index (χ4n) is 6.86. The number of pyridine rings is 1. The number of fused-ring (bicyclic) bond motifs is 3. The summed E-state index contributed by atoms with van der Waals surface area (Å²) in [7, 11) is 0. The molecular weight excluding hydrogens is 346 g/mol. The first-order valence-corrected chi connectivity index (χ1v) is 10.5. The molecule has 4 heteroatoms. The van der Waals surface area contributed by atoms with Gasteiger partial charge in [-0.1, -0.05) is 26.0 Å². The van der Waals surface area contributed by atoms with Crippen LogP contribution in [-0.4, -0.2) is 15.7 Å². The van der Waals surface area contributed by atoms with Gasteiger partial charge in [0.05, 0.1) is 17.7 Å². The van der Waals surface area contributed by atoms with Gasteiger partial charge in [-0.05, 0) is 67.4 Å². The van der Waals surface area contributed by atoms with Gasteiger partial charge in [0.15, 0.2) is 0 Å². The number of nitrogens with zero attached hydrogens (tertiary/aromatic N) is 3. The third kappa shape index (κ3) is 2.62. The summed E-state index contributed by atoms with van der Waals surface area (Å²) in [6.45, 7) is 4.38. The predicted molar refractivity (Wildman–Crippen MR) is 107 cm³/mol. The minimum Gasteiger partial charge on any atom is -0.389 e. The van der Waals surface area contributed by atoms with Gasteiger partial charge in [-0.2, -0.15) is 10.5 Å². The second-order valence-electron chi connectivity index (χ2n) is 9.62. The summed E-state index contributed by atoms with van der Waals surface area (Å²) >= 11 is 0. The van der Waals surface area contributed by atoms with Gasteiger partial charge in [0.1, 0.15) is 0 Å². The fourth-order valence-corrected chi connectivity index (χ4v) is 6.86. The Hall–Kier alpha value is -2.17. The third-order valence-corrected chi connectivity index (χ3v) is 8.55. The third-order valence-electron chi connectivity index (χ3n) is 8.55. The molecule has 3 unspecified atom stereocenters. The zero-order valence-corrected chi connectivity index (χ0v) is 16.9. The molecule has 4 rings (SSSR count). The summed E-state index contributed by atoms with van der Waals surface area (Å²) in [6.07, 6.45) is 9.52. The van der Waals surface area contributed by atoms with Crippen molar-refractivity contribution < 1.29 is 5.11 Å². The Morgan fingerprint density at radius 2 is 1.96 bits per heavy atom. The van der Waals surface area contributed by atoms with Crippen molar-refractivity contribution in [1.82, 2.24) is 4.98 Å². The molecule has 0 bridgehead atoms. The number of nitriles is 2. The molecule has 0 amide bonds. The van der Waals surface area contributed by atoms with Crippen molar-refractivity contribution in [1.29, 1.82) is 10.5 Å². The summed E-state index contributed by atoms with van der Waals surface area (Å²) in [5.41, 5.74) is 0.522. The number of hydrogen-bond donors (Lipinski definition) is 1. The van der Waals surface area contributed by atoms with E-state index in [9.17, 15) is 15.6 Å². The zero-order chi connectivity index (χ0) is 20.0. The second kappa shape index (κ2) is 6.71. The molecule has 0 radical (unpaired) electrons. The van der Waals surface area contributed by atoms with Crippen molar-refractivity contribution in [2.75, 3.05) is 0 Å². The molecule has 0 spiro atoms. The molecule has 28 heavy (non-hydrogen) atoms. The SMILES string of the molecule is C[C@]1(CC#N)C(C#N)=CCC2C1CC[C@@]1(C)C2CC[C@@]1(O)Cc1ccccn1. The van der Waals surface area contributed by atoms with Gasteiger partial charge in [0.25, 0.3) is 0 Å². The number of rotatable bonds is 3. The van der Waals surface area contributed by atoms with Crippen LogP contribution in [0.5, 0.6) is 0 Å². The highest BCUT2D eigenvalue weighted by molar-refractivity contribution is 5.35. The number of allylic oxidation sites excluding steroid dienone is 2. The average molecular weight is 376 g/mol. The monoisotopic (exact) mass is 375 g/mol. The van der Waals surface area contributed by atoms with Gasteiger partial charge in [-0.15, -0.1) is 0 Å². The van der Waals surface area contributed by atoms with Crippen LogP contribution in [0.1, 0.15) is 58.1 Å². The van der Waals surface area contributed by atoms with Crippen molar-refractivity contribution in [3.63, 3.8) is 0 Å². The van der Waals surface area contributed by atoms with E-state index in [1.165, 1.54) is 0 Å². The van der Waals surface area contributed by atoms with Crippen LogP contribution < -0.4 is 0 Å².